The smallest absolute Gasteiger partial charge is 0.233 e. The largest absolute Gasteiger partial charge is 0.368 e. The Labute approximate surface area is 103 Å². The number of hydrogen-bond acceptors (Lipinski definition) is 2. The summed E-state index contributed by atoms with van der Waals surface area (Å²) in [7, 11) is 0. The zero-order valence-electron chi connectivity index (χ0n) is 8.30. The lowest BCUT2D eigenvalue weighted by atomic mass is 10.2. The van der Waals surface area contributed by atoms with Gasteiger partial charge in [0, 0.05) is 11.0 Å². The minimum Gasteiger partial charge on any atom is -0.368 e. The zero-order valence-corrected chi connectivity index (χ0v) is 10.6. The molecule has 2 nitrogen and oxygen atoms in total. The number of carbonyl (C=O) groups excluding carboxylic acids is 1. The molecule has 0 saturated carbocycles. The van der Waals surface area contributed by atoms with Crippen LogP contribution in [0.15, 0.2) is 17.0 Å². The van der Waals surface area contributed by atoms with Crippen molar-refractivity contribution >= 4 is 40.9 Å². The van der Waals surface area contributed by atoms with Gasteiger partial charge in [-0.3, -0.25) is 4.79 Å². The van der Waals surface area contributed by atoms with Gasteiger partial charge in [0.15, 0.2) is 0 Å². The molecule has 0 aliphatic heterocycles. The molecule has 81 valence electrons. The molecule has 1 aromatic carbocycles. The molecule has 2 N–H and O–H groups in total. The van der Waals surface area contributed by atoms with Gasteiger partial charge in [-0.1, -0.05) is 29.3 Å². The van der Waals surface area contributed by atoms with E-state index in [1.165, 1.54) is 11.8 Å². The summed E-state index contributed by atoms with van der Waals surface area (Å²) in [5.74, 6) is -0.396. The van der Waals surface area contributed by atoms with Gasteiger partial charge in [0.1, 0.15) is 0 Å². The van der Waals surface area contributed by atoms with E-state index in [0.29, 0.717) is 10.0 Å². The predicted octanol–water partition coefficient (Wildman–Crippen LogP) is 3.15. The second-order valence-corrected chi connectivity index (χ2v) is 5.87. The molecule has 0 aliphatic rings. The topological polar surface area (TPSA) is 43.1 Å². The molecule has 0 atom stereocenters. The predicted molar refractivity (Wildman–Crippen MR) is 64.4 cm³/mol. The minimum atomic E-state index is -0.714. The number of thioether (sulfide) groups is 1. The van der Waals surface area contributed by atoms with Crippen molar-refractivity contribution in [3.05, 3.63) is 28.2 Å². The molecular weight excluding hydrogens is 253 g/mol. The van der Waals surface area contributed by atoms with Gasteiger partial charge in [-0.25, -0.2) is 0 Å². The van der Waals surface area contributed by atoms with Crippen LogP contribution in [0, 0.1) is 6.07 Å². The van der Waals surface area contributed by atoms with Crippen LogP contribution in [0.25, 0.3) is 0 Å². The number of carbonyl (C=O) groups is 1. The van der Waals surface area contributed by atoms with Crippen LogP contribution in [0.4, 0.5) is 0 Å². The molecule has 1 amide bonds. The maximum absolute atomic E-state index is 11.1. The van der Waals surface area contributed by atoms with Crippen molar-refractivity contribution in [1.29, 1.82) is 0 Å². The third-order valence-corrected chi connectivity index (χ3v) is 3.98. The molecule has 0 spiro atoms. The first kappa shape index (κ1) is 12.7. The summed E-state index contributed by atoms with van der Waals surface area (Å²) < 4.78 is -0.714. The number of halogens is 2. The lowest BCUT2D eigenvalue weighted by Crippen LogP contribution is -2.34. The fourth-order valence-electron chi connectivity index (χ4n) is 0.839. The van der Waals surface area contributed by atoms with Gasteiger partial charge in [0.05, 0.1) is 14.8 Å². The highest BCUT2D eigenvalue weighted by Gasteiger charge is 2.27. The Morgan fingerprint density at radius 2 is 2.13 bits per heavy atom. The maximum atomic E-state index is 11.1. The van der Waals surface area contributed by atoms with Crippen molar-refractivity contribution in [3.63, 3.8) is 0 Å². The Hall–Kier alpha value is -0.380. The summed E-state index contributed by atoms with van der Waals surface area (Å²) in [4.78, 5) is 11.9. The van der Waals surface area contributed by atoms with Crippen molar-refractivity contribution in [2.75, 3.05) is 0 Å². The van der Waals surface area contributed by atoms with E-state index in [2.05, 4.69) is 6.07 Å². The second kappa shape index (κ2) is 4.64. The van der Waals surface area contributed by atoms with Crippen molar-refractivity contribution in [1.82, 2.24) is 0 Å². The summed E-state index contributed by atoms with van der Waals surface area (Å²) in [5.41, 5.74) is 5.26. The molecule has 0 aliphatic carbocycles. The molecule has 0 fully saturated rings. The number of rotatable bonds is 3. The molecule has 0 heterocycles. The highest BCUT2D eigenvalue weighted by molar-refractivity contribution is 8.01. The maximum Gasteiger partial charge on any atom is 0.233 e. The molecular formula is C10H10Cl2NOS. The third-order valence-electron chi connectivity index (χ3n) is 1.81. The van der Waals surface area contributed by atoms with Crippen molar-refractivity contribution in [2.45, 2.75) is 23.5 Å². The normalized spacial score (nSPS) is 11.5. The lowest BCUT2D eigenvalue weighted by molar-refractivity contribution is -0.119. The fourth-order valence-corrected chi connectivity index (χ4v) is 2.27. The summed E-state index contributed by atoms with van der Waals surface area (Å²) in [5, 5.41) is 0.750. The van der Waals surface area contributed by atoms with E-state index in [-0.39, 0.29) is 0 Å². The SMILES string of the molecule is CC(C)(Sc1cc[c]c(Cl)c1Cl)C(N)=O. The summed E-state index contributed by atoms with van der Waals surface area (Å²) >= 11 is 13.1. The van der Waals surface area contributed by atoms with E-state index >= 15 is 0 Å². The van der Waals surface area contributed by atoms with E-state index in [9.17, 15) is 4.79 Å². The van der Waals surface area contributed by atoms with Crippen molar-refractivity contribution in [2.24, 2.45) is 5.73 Å². The summed E-state index contributed by atoms with van der Waals surface area (Å²) in [6, 6.07) is 6.17. The van der Waals surface area contributed by atoms with E-state index in [0.717, 1.165) is 4.90 Å². The van der Waals surface area contributed by atoms with Crippen LogP contribution in [0.3, 0.4) is 0 Å². The molecule has 0 saturated heterocycles. The molecule has 0 bridgehead atoms. The van der Waals surface area contributed by atoms with Gasteiger partial charge in [0.2, 0.25) is 5.91 Å². The number of amides is 1. The van der Waals surface area contributed by atoms with E-state index in [4.69, 9.17) is 28.9 Å². The van der Waals surface area contributed by atoms with Crippen LogP contribution in [-0.2, 0) is 4.79 Å². The standard InChI is InChI=1S/C10H10Cl2NOS/c1-10(2,9(13)14)15-7-5-3-4-6(11)8(7)12/h3,5H,1-2H3,(H2,13,14). The monoisotopic (exact) mass is 262 g/mol. The van der Waals surface area contributed by atoms with Crippen LogP contribution < -0.4 is 5.73 Å². The Kier molecular flexibility index (Phi) is 3.93. The summed E-state index contributed by atoms with van der Waals surface area (Å²) in [6.07, 6.45) is 0. The van der Waals surface area contributed by atoms with Crippen molar-refractivity contribution < 1.29 is 4.79 Å². The Bertz CT molecular complexity index is 393. The van der Waals surface area contributed by atoms with Gasteiger partial charge < -0.3 is 5.73 Å². The number of nitrogens with two attached hydrogens (primary N) is 1. The van der Waals surface area contributed by atoms with Gasteiger partial charge in [-0.15, -0.1) is 11.8 Å². The van der Waals surface area contributed by atoms with Crippen LogP contribution in [0.1, 0.15) is 13.8 Å². The van der Waals surface area contributed by atoms with Crippen LogP contribution in [0.5, 0.6) is 0 Å². The highest BCUT2D eigenvalue weighted by atomic mass is 35.5. The third kappa shape index (κ3) is 3.03. The first-order valence-electron chi connectivity index (χ1n) is 4.19. The van der Waals surface area contributed by atoms with Gasteiger partial charge in [0.25, 0.3) is 0 Å². The Morgan fingerprint density at radius 3 is 2.67 bits per heavy atom. The summed E-state index contributed by atoms with van der Waals surface area (Å²) in [6.45, 7) is 3.47. The van der Waals surface area contributed by atoms with Gasteiger partial charge in [-0.05, 0) is 19.9 Å². The van der Waals surface area contributed by atoms with Crippen LogP contribution >= 0.6 is 35.0 Å². The minimum absolute atomic E-state index is 0.349. The first-order chi connectivity index (χ1) is 6.84. The molecule has 5 heteroatoms. The first-order valence-corrected chi connectivity index (χ1v) is 5.76. The van der Waals surface area contributed by atoms with Crippen LogP contribution in [0.2, 0.25) is 10.0 Å². The fraction of sp³-hybridized carbons (Fsp3) is 0.300. The van der Waals surface area contributed by atoms with E-state index < -0.39 is 10.7 Å². The van der Waals surface area contributed by atoms with Gasteiger partial charge in [-0.2, -0.15) is 0 Å². The average Bonchev–Trinajstić information content (AvgIpc) is 2.12. The molecule has 1 radical (unpaired) electrons. The van der Waals surface area contributed by atoms with Crippen molar-refractivity contribution in [3.8, 4) is 0 Å². The zero-order chi connectivity index (χ0) is 11.6. The van der Waals surface area contributed by atoms with Crippen LogP contribution in [-0.4, -0.2) is 10.7 Å². The molecule has 15 heavy (non-hydrogen) atoms. The molecule has 1 rings (SSSR count). The van der Waals surface area contributed by atoms with Gasteiger partial charge >= 0.3 is 0 Å². The van der Waals surface area contributed by atoms with E-state index in [1.807, 2.05) is 0 Å². The molecule has 1 aromatic rings. The number of primary amides is 1. The quantitative estimate of drug-likeness (QED) is 0.851. The Balaban J connectivity index is 3.00. The van der Waals surface area contributed by atoms with E-state index in [1.54, 1.807) is 26.0 Å². The number of hydrogen-bond donors (Lipinski definition) is 1. The molecule has 0 unspecified atom stereocenters. The Morgan fingerprint density at radius 1 is 1.53 bits per heavy atom. The number of benzene rings is 1. The highest BCUT2D eigenvalue weighted by Crippen LogP contribution is 2.39. The molecule has 0 aromatic heterocycles. The average molecular weight is 263 g/mol. The lowest BCUT2D eigenvalue weighted by Gasteiger charge is -2.20. The second-order valence-electron chi connectivity index (χ2n) is 3.45.